The first-order chi connectivity index (χ1) is 10.1. The number of anilines is 3. The van der Waals surface area contributed by atoms with Gasteiger partial charge in [0.1, 0.15) is 0 Å². The fourth-order valence-corrected chi connectivity index (χ4v) is 3.03. The minimum absolute atomic E-state index is 0.793. The molecular weight excluding hydrogens is 282 g/mol. The van der Waals surface area contributed by atoms with Gasteiger partial charge in [0.2, 0.25) is 0 Å². The lowest BCUT2D eigenvalue weighted by atomic mass is 10.1. The van der Waals surface area contributed by atoms with Gasteiger partial charge in [0.25, 0.3) is 0 Å². The number of nitrogen functional groups attached to an aromatic ring is 1. The highest BCUT2D eigenvalue weighted by molar-refractivity contribution is 6.30. The maximum atomic E-state index is 6.08. The van der Waals surface area contributed by atoms with Crippen LogP contribution in [0.4, 0.5) is 17.1 Å². The molecule has 1 heterocycles. The van der Waals surface area contributed by atoms with Crippen LogP contribution in [0.5, 0.6) is 0 Å². The normalized spacial score (nSPS) is 15.3. The summed E-state index contributed by atoms with van der Waals surface area (Å²) in [5.41, 5.74) is 10.5. The van der Waals surface area contributed by atoms with Gasteiger partial charge in [-0.2, -0.15) is 0 Å². The maximum Gasteiger partial charge on any atom is 0.0426 e. The standard InChI is InChI=1S/C17H20ClN3/c1-13-5-6-15(19)12-17(13)21-9-7-20(8-10-21)16-4-2-3-14(18)11-16/h2-6,11-12H,7-10,19H2,1H3. The van der Waals surface area contributed by atoms with E-state index < -0.39 is 0 Å². The molecule has 110 valence electrons. The van der Waals surface area contributed by atoms with Crippen LogP contribution in [0, 0.1) is 6.92 Å². The van der Waals surface area contributed by atoms with E-state index in [1.165, 1.54) is 16.9 Å². The van der Waals surface area contributed by atoms with Crippen molar-refractivity contribution in [3.63, 3.8) is 0 Å². The van der Waals surface area contributed by atoms with E-state index in [1.807, 2.05) is 24.3 Å². The number of benzene rings is 2. The Hall–Kier alpha value is -1.87. The Morgan fingerprint density at radius 3 is 2.38 bits per heavy atom. The van der Waals surface area contributed by atoms with Crippen molar-refractivity contribution in [2.24, 2.45) is 0 Å². The zero-order valence-electron chi connectivity index (χ0n) is 12.2. The van der Waals surface area contributed by atoms with E-state index in [4.69, 9.17) is 17.3 Å². The van der Waals surface area contributed by atoms with E-state index in [9.17, 15) is 0 Å². The summed E-state index contributed by atoms with van der Waals surface area (Å²) >= 11 is 6.08. The fraction of sp³-hybridized carbons (Fsp3) is 0.294. The molecule has 1 aliphatic heterocycles. The number of piperazine rings is 1. The van der Waals surface area contributed by atoms with E-state index in [-0.39, 0.29) is 0 Å². The number of nitrogens with zero attached hydrogens (tertiary/aromatic N) is 2. The van der Waals surface area contributed by atoms with Gasteiger partial charge in [-0.15, -0.1) is 0 Å². The van der Waals surface area contributed by atoms with Crippen molar-refractivity contribution in [1.29, 1.82) is 0 Å². The lowest BCUT2D eigenvalue weighted by molar-refractivity contribution is 0.652. The van der Waals surface area contributed by atoms with E-state index in [1.54, 1.807) is 0 Å². The highest BCUT2D eigenvalue weighted by Crippen LogP contribution is 2.26. The van der Waals surface area contributed by atoms with Gasteiger partial charge in [-0.3, -0.25) is 0 Å². The van der Waals surface area contributed by atoms with Crippen LogP contribution >= 0.6 is 11.6 Å². The molecule has 21 heavy (non-hydrogen) atoms. The average molecular weight is 302 g/mol. The van der Waals surface area contributed by atoms with Crippen LogP contribution in [0.1, 0.15) is 5.56 Å². The molecule has 1 aliphatic rings. The second kappa shape index (κ2) is 5.86. The molecule has 1 fully saturated rings. The molecule has 0 amide bonds. The highest BCUT2D eigenvalue weighted by atomic mass is 35.5. The van der Waals surface area contributed by atoms with Gasteiger partial charge in [0.05, 0.1) is 0 Å². The summed E-state index contributed by atoms with van der Waals surface area (Å²) in [5, 5.41) is 0.793. The third-order valence-electron chi connectivity index (χ3n) is 4.03. The lowest BCUT2D eigenvalue weighted by Crippen LogP contribution is -2.46. The van der Waals surface area contributed by atoms with Crippen molar-refractivity contribution < 1.29 is 0 Å². The van der Waals surface area contributed by atoms with E-state index in [0.29, 0.717) is 0 Å². The first-order valence-corrected chi connectivity index (χ1v) is 7.63. The molecule has 0 atom stereocenters. The third kappa shape index (κ3) is 3.08. The Balaban J connectivity index is 1.72. The summed E-state index contributed by atoms with van der Waals surface area (Å²) in [7, 11) is 0. The first kappa shape index (κ1) is 14.1. The Morgan fingerprint density at radius 2 is 1.67 bits per heavy atom. The molecule has 0 aromatic heterocycles. The third-order valence-corrected chi connectivity index (χ3v) is 4.26. The fourth-order valence-electron chi connectivity index (χ4n) is 2.85. The molecule has 2 aromatic rings. The van der Waals surface area contributed by atoms with E-state index in [0.717, 1.165) is 36.9 Å². The van der Waals surface area contributed by atoms with Gasteiger partial charge in [0, 0.05) is 48.3 Å². The Bertz CT molecular complexity index is 634. The molecule has 3 nitrogen and oxygen atoms in total. The van der Waals surface area contributed by atoms with Crippen molar-refractivity contribution in [3.8, 4) is 0 Å². The molecule has 4 heteroatoms. The van der Waals surface area contributed by atoms with Crippen LogP contribution < -0.4 is 15.5 Å². The monoisotopic (exact) mass is 301 g/mol. The molecule has 3 rings (SSSR count). The lowest BCUT2D eigenvalue weighted by Gasteiger charge is -2.38. The second-order valence-corrected chi connectivity index (χ2v) is 5.94. The van der Waals surface area contributed by atoms with Crippen molar-refractivity contribution >= 4 is 28.7 Å². The molecular formula is C17H20ClN3. The Kier molecular flexibility index (Phi) is 3.93. The highest BCUT2D eigenvalue weighted by Gasteiger charge is 2.18. The minimum Gasteiger partial charge on any atom is -0.399 e. The number of aryl methyl sites for hydroxylation is 1. The molecule has 0 saturated carbocycles. The van der Waals surface area contributed by atoms with Gasteiger partial charge in [-0.05, 0) is 42.8 Å². The summed E-state index contributed by atoms with van der Waals surface area (Å²) < 4.78 is 0. The van der Waals surface area contributed by atoms with Crippen molar-refractivity contribution in [1.82, 2.24) is 0 Å². The summed E-state index contributed by atoms with van der Waals surface area (Å²) in [6, 6.07) is 14.2. The quantitative estimate of drug-likeness (QED) is 0.861. The maximum absolute atomic E-state index is 6.08. The molecule has 1 saturated heterocycles. The topological polar surface area (TPSA) is 32.5 Å². The minimum atomic E-state index is 0.793. The van der Waals surface area contributed by atoms with Crippen LogP contribution in [0.15, 0.2) is 42.5 Å². The van der Waals surface area contributed by atoms with Crippen molar-refractivity contribution in [2.75, 3.05) is 41.7 Å². The molecule has 0 spiro atoms. The van der Waals surface area contributed by atoms with E-state index in [2.05, 4.69) is 34.9 Å². The van der Waals surface area contributed by atoms with Crippen LogP contribution in [-0.2, 0) is 0 Å². The summed E-state index contributed by atoms with van der Waals surface area (Å²) in [6.45, 7) is 6.12. The molecule has 0 unspecified atom stereocenters. The van der Waals surface area contributed by atoms with Crippen LogP contribution in [-0.4, -0.2) is 26.2 Å². The summed E-state index contributed by atoms with van der Waals surface area (Å²) in [4.78, 5) is 4.79. The Morgan fingerprint density at radius 1 is 0.952 bits per heavy atom. The van der Waals surface area contributed by atoms with Crippen LogP contribution in [0.2, 0.25) is 5.02 Å². The number of nitrogens with two attached hydrogens (primary N) is 1. The molecule has 2 N–H and O–H groups in total. The van der Waals surface area contributed by atoms with Crippen molar-refractivity contribution in [2.45, 2.75) is 6.92 Å². The molecule has 0 aliphatic carbocycles. The molecule has 0 bridgehead atoms. The van der Waals surface area contributed by atoms with Gasteiger partial charge >= 0.3 is 0 Å². The summed E-state index contributed by atoms with van der Waals surface area (Å²) in [6.07, 6.45) is 0. The van der Waals surface area contributed by atoms with Gasteiger partial charge < -0.3 is 15.5 Å². The molecule has 0 radical (unpaired) electrons. The van der Waals surface area contributed by atoms with Crippen LogP contribution in [0.3, 0.4) is 0 Å². The first-order valence-electron chi connectivity index (χ1n) is 7.25. The van der Waals surface area contributed by atoms with Gasteiger partial charge in [-0.25, -0.2) is 0 Å². The zero-order valence-corrected chi connectivity index (χ0v) is 13.0. The van der Waals surface area contributed by atoms with Crippen LogP contribution in [0.25, 0.3) is 0 Å². The largest absolute Gasteiger partial charge is 0.399 e. The van der Waals surface area contributed by atoms with Crippen molar-refractivity contribution in [3.05, 3.63) is 53.1 Å². The van der Waals surface area contributed by atoms with E-state index >= 15 is 0 Å². The van der Waals surface area contributed by atoms with Gasteiger partial charge in [0.15, 0.2) is 0 Å². The second-order valence-electron chi connectivity index (χ2n) is 5.50. The number of halogens is 1. The predicted octanol–water partition coefficient (Wildman–Crippen LogP) is 3.56. The predicted molar refractivity (Wildman–Crippen MR) is 91.5 cm³/mol. The summed E-state index contributed by atoms with van der Waals surface area (Å²) in [5.74, 6) is 0. The SMILES string of the molecule is Cc1ccc(N)cc1N1CCN(c2cccc(Cl)c2)CC1. The number of hydrogen-bond donors (Lipinski definition) is 1. The smallest absolute Gasteiger partial charge is 0.0426 e. The zero-order chi connectivity index (χ0) is 14.8. The number of hydrogen-bond acceptors (Lipinski definition) is 3. The average Bonchev–Trinajstić information content (AvgIpc) is 2.50. The number of rotatable bonds is 2. The van der Waals surface area contributed by atoms with Gasteiger partial charge in [-0.1, -0.05) is 23.7 Å². The molecule has 2 aromatic carbocycles. The Labute approximate surface area is 130 Å².